The number of carboxylic acids is 1. The van der Waals surface area contributed by atoms with E-state index >= 15 is 0 Å². The highest BCUT2D eigenvalue weighted by atomic mass is 16.4. The Labute approximate surface area is 151 Å². The molecule has 3 N–H and O–H groups in total. The first kappa shape index (κ1) is 23.1. The summed E-state index contributed by atoms with van der Waals surface area (Å²) in [5.74, 6) is -2.01. The maximum absolute atomic E-state index is 11.2. The molecule has 6 nitrogen and oxygen atoms in total. The molecule has 0 aromatic carbocycles. The van der Waals surface area contributed by atoms with E-state index in [0.717, 1.165) is 25.7 Å². The van der Waals surface area contributed by atoms with Crippen molar-refractivity contribution in [2.24, 2.45) is 0 Å². The van der Waals surface area contributed by atoms with Crippen molar-refractivity contribution in [1.82, 2.24) is 10.6 Å². The minimum absolute atomic E-state index is 0.555. The number of likely N-dealkylation sites (N-methyl/N-ethyl adjacent to an activating group) is 1. The molecule has 0 rings (SSSR count). The van der Waals surface area contributed by atoms with Crippen molar-refractivity contribution in [3.05, 3.63) is 12.2 Å². The fraction of sp³-hybridized carbons (Fsp3) is 0.737. The average Bonchev–Trinajstić information content (AvgIpc) is 2.60. The SMILES string of the molecule is CNC(=O)C(=O)NCCCCCCCCCCCCCC=CC(=O)O. The lowest BCUT2D eigenvalue weighted by Gasteiger charge is -2.04. The van der Waals surface area contributed by atoms with Crippen molar-refractivity contribution in [1.29, 1.82) is 0 Å². The van der Waals surface area contributed by atoms with Gasteiger partial charge in [-0.25, -0.2) is 4.79 Å². The fourth-order valence-corrected chi connectivity index (χ4v) is 2.56. The van der Waals surface area contributed by atoms with Crippen LogP contribution in [0.3, 0.4) is 0 Å². The van der Waals surface area contributed by atoms with E-state index in [1.54, 1.807) is 6.08 Å². The van der Waals surface area contributed by atoms with Gasteiger partial charge in [0.1, 0.15) is 0 Å². The Balaban J connectivity index is 3.18. The molecule has 0 fully saturated rings. The molecule has 0 saturated carbocycles. The summed E-state index contributed by atoms with van der Waals surface area (Å²) in [6.45, 7) is 0.563. The van der Waals surface area contributed by atoms with E-state index in [-0.39, 0.29) is 0 Å². The zero-order valence-electron chi connectivity index (χ0n) is 15.5. The van der Waals surface area contributed by atoms with Crippen LogP contribution in [-0.4, -0.2) is 36.5 Å². The van der Waals surface area contributed by atoms with Gasteiger partial charge in [0, 0.05) is 19.7 Å². The second kappa shape index (κ2) is 17.0. The zero-order valence-corrected chi connectivity index (χ0v) is 15.5. The predicted octanol–water partition coefficient (Wildman–Crippen LogP) is 3.17. The number of carboxylic acid groups (broad SMARTS) is 1. The highest BCUT2D eigenvalue weighted by Crippen LogP contribution is 2.12. The molecule has 144 valence electrons. The summed E-state index contributed by atoms with van der Waals surface area (Å²) in [6.07, 6.45) is 16.7. The molecule has 0 atom stereocenters. The molecule has 0 unspecified atom stereocenters. The summed E-state index contributed by atoms with van der Waals surface area (Å²) < 4.78 is 0. The molecule has 0 spiro atoms. The smallest absolute Gasteiger partial charge is 0.327 e. The number of nitrogens with one attached hydrogen (secondary N) is 2. The number of allylic oxidation sites excluding steroid dienone is 1. The van der Waals surface area contributed by atoms with Gasteiger partial charge in [0.15, 0.2) is 0 Å². The summed E-state index contributed by atoms with van der Waals surface area (Å²) in [6, 6.07) is 0. The first-order valence-electron chi connectivity index (χ1n) is 9.47. The molecule has 0 aliphatic carbocycles. The Kier molecular flexibility index (Phi) is 15.7. The van der Waals surface area contributed by atoms with Gasteiger partial charge in [0.05, 0.1) is 0 Å². The lowest BCUT2D eigenvalue weighted by Crippen LogP contribution is -2.38. The van der Waals surface area contributed by atoms with Crippen LogP contribution in [0.2, 0.25) is 0 Å². The maximum Gasteiger partial charge on any atom is 0.327 e. The van der Waals surface area contributed by atoms with Crippen molar-refractivity contribution in [3.63, 3.8) is 0 Å². The minimum Gasteiger partial charge on any atom is -0.478 e. The van der Waals surface area contributed by atoms with Gasteiger partial charge in [0.25, 0.3) is 0 Å². The highest BCUT2D eigenvalue weighted by molar-refractivity contribution is 6.34. The van der Waals surface area contributed by atoms with Crippen molar-refractivity contribution in [2.75, 3.05) is 13.6 Å². The summed E-state index contributed by atoms with van der Waals surface area (Å²) >= 11 is 0. The number of carbonyl (C=O) groups is 3. The van der Waals surface area contributed by atoms with Crippen molar-refractivity contribution in [3.8, 4) is 0 Å². The molecular weight excluding hydrogens is 320 g/mol. The van der Waals surface area contributed by atoms with Crippen LogP contribution in [0.5, 0.6) is 0 Å². The molecule has 0 aromatic heterocycles. The molecule has 0 radical (unpaired) electrons. The van der Waals surface area contributed by atoms with Crippen molar-refractivity contribution in [2.45, 2.75) is 77.0 Å². The monoisotopic (exact) mass is 354 g/mol. The predicted molar refractivity (Wildman–Crippen MR) is 99.3 cm³/mol. The third-order valence-electron chi connectivity index (χ3n) is 4.03. The van der Waals surface area contributed by atoms with Crippen molar-refractivity contribution < 1.29 is 19.5 Å². The number of amides is 2. The van der Waals surface area contributed by atoms with Crippen LogP contribution < -0.4 is 10.6 Å². The van der Waals surface area contributed by atoms with Gasteiger partial charge in [-0.15, -0.1) is 0 Å². The number of carbonyl (C=O) groups excluding carboxylic acids is 2. The Hall–Kier alpha value is -1.85. The number of hydrogen-bond acceptors (Lipinski definition) is 3. The average molecular weight is 354 g/mol. The van der Waals surface area contributed by atoms with E-state index in [1.165, 1.54) is 64.5 Å². The lowest BCUT2D eigenvalue weighted by atomic mass is 10.1. The summed E-state index contributed by atoms with van der Waals surface area (Å²) in [5, 5.41) is 13.3. The quantitative estimate of drug-likeness (QED) is 0.239. The molecule has 0 bridgehead atoms. The van der Waals surface area contributed by atoms with Crippen LogP contribution >= 0.6 is 0 Å². The molecule has 0 aromatic rings. The standard InChI is InChI=1S/C19H34N2O4/c1-20-18(24)19(25)21-16-14-12-10-8-6-4-2-3-5-7-9-11-13-15-17(22)23/h13,15H,2-12,14,16H2,1H3,(H,20,24)(H,21,25)(H,22,23). The number of rotatable bonds is 15. The third-order valence-corrected chi connectivity index (χ3v) is 4.03. The van der Waals surface area contributed by atoms with Crippen LogP contribution in [0.15, 0.2) is 12.2 Å². The van der Waals surface area contributed by atoms with Gasteiger partial charge in [-0.2, -0.15) is 0 Å². The van der Waals surface area contributed by atoms with Gasteiger partial charge in [-0.1, -0.05) is 63.9 Å². The Morgan fingerprint density at radius 1 is 0.760 bits per heavy atom. The second-order valence-corrected chi connectivity index (χ2v) is 6.25. The molecule has 25 heavy (non-hydrogen) atoms. The van der Waals surface area contributed by atoms with E-state index in [4.69, 9.17) is 5.11 Å². The van der Waals surface area contributed by atoms with Crippen LogP contribution in [0.4, 0.5) is 0 Å². The fourth-order valence-electron chi connectivity index (χ4n) is 2.56. The lowest BCUT2D eigenvalue weighted by molar-refractivity contribution is -0.138. The second-order valence-electron chi connectivity index (χ2n) is 6.25. The minimum atomic E-state index is -0.867. The van der Waals surface area contributed by atoms with Gasteiger partial charge >= 0.3 is 17.8 Å². The van der Waals surface area contributed by atoms with Crippen LogP contribution in [-0.2, 0) is 14.4 Å². The molecule has 0 aliphatic heterocycles. The van der Waals surface area contributed by atoms with Gasteiger partial charge in [-0.3, -0.25) is 9.59 Å². The maximum atomic E-state index is 11.2. The topological polar surface area (TPSA) is 95.5 Å². The normalized spacial score (nSPS) is 10.8. The van der Waals surface area contributed by atoms with E-state index in [9.17, 15) is 14.4 Å². The first-order valence-corrected chi connectivity index (χ1v) is 9.47. The van der Waals surface area contributed by atoms with E-state index in [1.807, 2.05) is 0 Å². The van der Waals surface area contributed by atoms with E-state index in [0.29, 0.717) is 6.54 Å². The zero-order chi connectivity index (χ0) is 18.8. The summed E-state index contributed by atoms with van der Waals surface area (Å²) in [7, 11) is 1.45. The van der Waals surface area contributed by atoms with Gasteiger partial charge in [0.2, 0.25) is 0 Å². The van der Waals surface area contributed by atoms with E-state index < -0.39 is 17.8 Å². The summed E-state index contributed by atoms with van der Waals surface area (Å²) in [5.41, 5.74) is 0. The number of aliphatic carboxylic acids is 1. The van der Waals surface area contributed by atoms with Crippen LogP contribution in [0.1, 0.15) is 77.0 Å². The number of unbranched alkanes of at least 4 members (excludes halogenated alkanes) is 11. The molecular formula is C19H34N2O4. The summed E-state index contributed by atoms with van der Waals surface area (Å²) in [4.78, 5) is 32.4. The number of hydrogen-bond donors (Lipinski definition) is 3. The van der Waals surface area contributed by atoms with E-state index in [2.05, 4.69) is 10.6 Å². The first-order chi connectivity index (χ1) is 12.1. The van der Waals surface area contributed by atoms with Gasteiger partial charge < -0.3 is 15.7 Å². The Morgan fingerprint density at radius 3 is 1.72 bits per heavy atom. The molecule has 0 saturated heterocycles. The molecule has 0 heterocycles. The molecule has 6 heteroatoms. The Morgan fingerprint density at radius 2 is 1.24 bits per heavy atom. The Bertz CT molecular complexity index is 408. The van der Waals surface area contributed by atoms with Crippen LogP contribution in [0, 0.1) is 0 Å². The highest BCUT2D eigenvalue weighted by Gasteiger charge is 2.08. The third kappa shape index (κ3) is 16.8. The van der Waals surface area contributed by atoms with Crippen LogP contribution in [0.25, 0.3) is 0 Å². The van der Waals surface area contributed by atoms with Crippen molar-refractivity contribution >= 4 is 17.8 Å². The largest absolute Gasteiger partial charge is 0.478 e. The molecule has 0 aliphatic rings. The molecule has 2 amide bonds. The van der Waals surface area contributed by atoms with Gasteiger partial charge in [-0.05, 0) is 19.3 Å².